The number of pyridine rings is 1. The predicted octanol–water partition coefficient (Wildman–Crippen LogP) is 4.00. The van der Waals surface area contributed by atoms with E-state index in [2.05, 4.69) is 20.9 Å². The quantitative estimate of drug-likeness (QED) is 0.564. The monoisotopic (exact) mass is 362 g/mol. The third-order valence-electron chi connectivity index (χ3n) is 2.87. The van der Waals surface area contributed by atoms with Gasteiger partial charge in [0.15, 0.2) is 0 Å². The molecule has 21 heavy (non-hydrogen) atoms. The summed E-state index contributed by atoms with van der Waals surface area (Å²) in [4.78, 5) is 16.7. The van der Waals surface area contributed by atoms with Crippen LogP contribution in [0.3, 0.4) is 0 Å². The van der Waals surface area contributed by atoms with Crippen LogP contribution in [-0.2, 0) is 11.3 Å². The van der Waals surface area contributed by atoms with Crippen molar-refractivity contribution in [2.24, 2.45) is 0 Å². The van der Waals surface area contributed by atoms with Crippen molar-refractivity contribution >= 4 is 49.0 Å². The molecule has 3 aromatic rings. The number of carbonyl (C=O) groups excluding carboxylic acids is 1. The number of benzene rings is 1. The van der Waals surface area contributed by atoms with Gasteiger partial charge in [-0.2, -0.15) is 0 Å². The van der Waals surface area contributed by atoms with Crippen molar-refractivity contribution in [2.75, 3.05) is 5.73 Å². The van der Waals surface area contributed by atoms with E-state index in [1.165, 1.54) is 11.3 Å². The van der Waals surface area contributed by atoms with E-state index >= 15 is 0 Å². The Bertz CT molecular complexity index is 816. The lowest BCUT2D eigenvalue weighted by molar-refractivity contribution is 0.0478. The number of carbonyl (C=O) groups is 1. The average Bonchev–Trinajstić information content (AvgIpc) is 2.88. The van der Waals surface area contributed by atoms with Gasteiger partial charge >= 0.3 is 5.97 Å². The van der Waals surface area contributed by atoms with Gasteiger partial charge in [0.1, 0.15) is 11.5 Å². The van der Waals surface area contributed by atoms with E-state index in [9.17, 15) is 4.79 Å². The molecule has 0 saturated heterocycles. The third-order valence-corrected chi connectivity index (χ3v) is 4.40. The Hall–Kier alpha value is -1.92. The van der Waals surface area contributed by atoms with Gasteiger partial charge < -0.3 is 10.5 Å². The van der Waals surface area contributed by atoms with Crippen molar-refractivity contribution < 1.29 is 9.53 Å². The number of nitrogens with two attached hydrogens (primary N) is 1. The van der Waals surface area contributed by atoms with Crippen LogP contribution in [0, 0.1) is 0 Å². The molecule has 2 aromatic heterocycles. The molecule has 0 radical (unpaired) electrons. The molecule has 3 rings (SSSR count). The summed E-state index contributed by atoms with van der Waals surface area (Å²) in [5.41, 5.74) is 7.25. The minimum atomic E-state index is -0.338. The number of thiophene rings is 1. The van der Waals surface area contributed by atoms with E-state index in [1.807, 2.05) is 24.3 Å². The van der Waals surface area contributed by atoms with Gasteiger partial charge in [-0.25, -0.2) is 4.79 Å². The summed E-state index contributed by atoms with van der Waals surface area (Å²) in [5, 5.41) is 0.955. The van der Waals surface area contributed by atoms with Crippen LogP contribution < -0.4 is 5.73 Å². The maximum Gasteiger partial charge on any atom is 0.348 e. The highest BCUT2D eigenvalue weighted by molar-refractivity contribution is 9.10. The van der Waals surface area contributed by atoms with E-state index in [0.29, 0.717) is 10.6 Å². The second kappa shape index (κ2) is 5.83. The molecule has 0 bridgehead atoms. The molecule has 2 heterocycles. The SMILES string of the molecule is Nc1ccc2sc(C(=O)OCc3cncc(Br)c3)cc2c1. The molecule has 0 aliphatic rings. The van der Waals surface area contributed by atoms with Gasteiger partial charge in [-0.05, 0) is 51.6 Å². The molecule has 0 aliphatic heterocycles. The molecule has 0 saturated carbocycles. The first-order chi connectivity index (χ1) is 10.1. The smallest absolute Gasteiger partial charge is 0.348 e. The van der Waals surface area contributed by atoms with Crippen molar-refractivity contribution in [3.8, 4) is 0 Å². The first-order valence-electron chi connectivity index (χ1n) is 6.17. The normalized spacial score (nSPS) is 10.7. The number of hydrogen-bond acceptors (Lipinski definition) is 5. The molecule has 0 fully saturated rings. The maximum absolute atomic E-state index is 12.1. The lowest BCUT2D eigenvalue weighted by Gasteiger charge is -2.03. The number of anilines is 1. The molecule has 0 atom stereocenters. The molecule has 0 unspecified atom stereocenters. The number of ether oxygens (including phenoxy) is 1. The molecule has 2 N–H and O–H groups in total. The first-order valence-corrected chi connectivity index (χ1v) is 7.78. The Kier molecular flexibility index (Phi) is 3.90. The first kappa shape index (κ1) is 14.0. The largest absolute Gasteiger partial charge is 0.457 e. The highest BCUT2D eigenvalue weighted by Gasteiger charge is 2.12. The zero-order chi connectivity index (χ0) is 14.8. The summed E-state index contributed by atoms with van der Waals surface area (Å²) in [6.45, 7) is 0.196. The molecular formula is C15H11BrN2O2S. The van der Waals surface area contributed by atoms with Crippen LogP contribution in [0.4, 0.5) is 5.69 Å². The fourth-order valence-corrected chi connectivity index (χ4v) is 3.27. The van der Waals surface area contributed by atoms with Gasteiger partial charge in [0, 0.05) is 32.8 Å². The highest BCUT2D eigenvalue weighted by Crippen LogP contribution is 2.28. The zero-order valence-corrected chi connectivity index (χ0v) is 13.3. The van der Waals surface area contributed by atoms with Crippen molar-refractivity contribution in [3.63, 3.8) is 0 Å². The number of nitrogen functional groups attached to an aromatic ring is 1. The number of fused-ring (bicyclic) bond motifs is 1. The summed E-state index contributed by atoms with van der Waals surface area (Å²) < 4.78 is 7.18. The van der Waals surface area contributed by atoms with E-state index < -0.39 is 0 Å². The van der Waals surface area contributed by atoms with Crippen molar-refractivity contribution in [1.29, 1.82) is 0 Å². The molecule has 0 aliphatic carbocycles. The highest BCUT2D eigenvalue weighted by atomic mass is 79.9. The molecule has 0 amide bonds. The van der Waals surface area contributed by atoms with Gasteiger partial charge in [0.05, 0.1) is 0 Å². The zero-order valence-electron chi connectivity index (χ0n) is 10.9. The van der Waals surface area contributed by atoms with Crippen LogP contribution >= 0.6 is 27.3 Å². The minimum Gasteiger partial charge on any atom is -0.457 e. The van der Waals surface area contributed by atoms with Crippen molar-refractivity contribution in [3.05, 3.63) is 57.6 Å². The number of rotatable bonds is 3. The Balaban J connectivity index is 1.74. The average molecular weight is 363 g/mol. The predicted molar refractivity (Wildman–Crippen MR) is 87.3 cm³/mol. The second-order valence-corrected chi connectivity index (χ2v) is 6.49. The molecule has 6 heteroatoms. The number of nitrogens with zero attached hydrogens (tertiary/aromatic N) is 1. The number of esters is 1. The van der Waals surface area contributed by atoms with Gasteiger partial charge in [0.2, 0.25) is 0 Å². The molecule has 1 aromatic carbocycles. The lowest BCUT2D eigenvalue weighted by Crippen LogP contribution is -2.03. The molecule has 4 nitrogen and oxygen atoms in total. The Morgan fingerprint density at radius 2 is 2.14 bits per heavy atom. The summed E-state index contributed by atoms with van der Waals surface area (Å²) in [6, 6.07) is 9.25. The van der Waals surface area contributed by atoms with Crippen molar-refractivity contribution in [2.45, 2.75) is 6.61 Å². The van der Waals surface area contributed by atoms with Crippen LogP contribution in [0.25, 0.3) is 10.1 Å². The Morgan fingerprint density at radius 1 is 1.29 bits per heavy atom. The van der Waals surface area contributed by atoms with Crippen molar-refractivity contribution in [1.82, 2.24) is 4.98 Å². The molecular weight excluding hydrogens is 352 g/mol. The van der Waals surface area contributed by atoms with Crippen LogP contribution in [-0.4, -0.2) is 11.0 Å². The van der Waals surface area contributed by atoms with Gasteiger partial charge in [-0.3, -0.25) is 4.98 Å². The topological polar surface area (TPSA) is 65.2 Å². The number of aromatic nitrogens is 1. The van der Waals surface area contributed by atoms with E-state index in [1.54, 1.807) is 18.5 Å². The lowest BCUT2D eigenvalue weighted by atomic mass is 10.2. The van der Waals surface area contributed by atoms with E-state index in [4.69, 9.17) is 10.5 Å². The molecule has 106 valence electrons. The fourth-order valence-electron chi connectivity index (χ4n) is 1.92. The number of halogens is 1. The van der Waals surface area contributed by atoms with Gasteiger partial charge in [0.25, 0.3) is 0 Å². The summed E-state index contributed by atoms with van der Waals surface area (Å²) in [7, 11) is 0. The minimum absolute atomic E-state index is 0.196. The standard InChI is InChI=1S/C15H11BrN2O2S/c16-11-3-9(6-18-7-11)8-20-15(19)14-5-10-4-12(17)1-2-13(10)21-14/h1-7H,8,17H2. The summed E-state index contributed by atoms with van der Waals surface area (Å²) >= 11 is 4.73. The van der Waals surface area contributed by atoms with Crippen LogP contribution in [0.2, 0.25) is 0 Å². The van der Waals surface area contributed by atoms with E-state index in [0.717, 1.165) is 20.1 Å². The molecule has 0 spiro atoms. The van der Waals surface area contributed by atoms with Crippen LogP contribution in [0.1, 0.15) is 15.2 Å². The fraction of sp³-hybridized carbons (Fsp3) is 0.0667. The van der Waals surface area contributed by atoms with Crippen LogP contribution in [0.15, 0.2) is 47.2 Å². The van der Waals surface area contributed by atoms with Crippen LogP contribution in [0.5, 0.6) is 0 Å². The van der Waals surface area contributed by atoms with Gasteiger partial charge in [-0.1, -0.05) is 0 Å². The third kappa shape index (κ3) is 3.22. The second-order valence-electron chi connectivity index (χ2n) is 4.50. The van der Waals surface area contributed by atoms with E-state index in [-0.39, 0.29) is 12.6 Å². The summed E-state index contributed by atoms with van der Waals surface area (Å²) in [5.74, 6) is -0.338. The Labute approximate surface area is 133 Å². The number of hydrogen-bond donors (Lipinski definition) is 1. The summed E-state index contributed by atoms with van der Waals surface area (Å²) in [6.07, 6.45) is 3.35. The Morgan fingerprint density at radius 3 is 2.95 bits per heavy atom. The van der Waals surface area contributed by atoms with Gasteiger partial charge in [-0.15, -0.1) is 11.3 Å². The maximum atomic E-state index is 12.1.